The number of hydrogen-bond donors (Lipinski definition) is 1. The number of hydrogen-bond acceptors (Lipinski definition) is 6. The summed E-state index contributed by atoms with van der Waals surface area (Å²) in [5.74, 6) is 0.875. The Morgan fingerprint density at radius 1 is 1.07 bits per heavy atom. The van der Waals surface area contributed by atoms with Crippen molar-refractivity contribution in [2.24, 2.45) is 4.99 Å². The second-order valence-electron chi connectivity index (χ2n) is 6.11. The molecule has 0 aromatic heterocycles. The quantitative estimate of drug-likeness (QED) is 0.668. The third kappa shape index (κ3) is 3.52. The summed E-state index contributed by atoms with van der Waals surface area (Å²) in [5, 5.41) is 2.71. The molecule has 1 N–H and O–H groups in total. The van der Waals surface area contributed by atoms with Gasteiger partial charge in [-0.15, -0.1) is 0 Å². The van der Waals surface area contributed by atoms with Gasteiger partial charge in [0, 0.05) is 36.7 Å². The van der Waals surface area contributed by atoms with E-state index in [0.29, 0.717) is 28.8 Å². The van der Waals surface area contributed by atoms with Gasteiger partial charge in [0.15, 0.2) is 0 Å². The first-order valence-electron chi connectivity index (χ1n) is 8.32. The highest BCUT2D eigenvalue weighted by molar-refractivity contribution is 5.98. The van der Waals surface area contributed by atoms with Gasteiger partial charge < -0.3 is 19.5 Å². The SMILES string of the molecule is CC(=O)Nc1ccc(C2=NC3=Cc4ccc(OC(C)=O)cc4O[C@@H]3O2)cc1. The summed E-state index contributed by atoms with van der Waals surface area (Å²) in [7, 11) is 0. The number of nitrogens with zero attached hydrogens (tertiary/aromatic N) is 1. The number of carbonyl (C=O) groups excluding carboxylic acids is 2. The second-order valence-corrected chi connectivity index (χ2v) is 6.11. The minimum Gasteiger partial charge on any atom is -0.448 e. The average Bonchev–Trinajstić information content (AvgIpc) is 3.02. The largest absolute Gasteiger partial charge is 0.448 e. The molecule has 0 radical (unpaired) electrons. The summed E-state index contributed by atoms with van der Waals surface area (Å²) in [6, 6.07) is 12.3. The molecule has 2 aliphatic heterocycles. The van der Waals surface area contributed by atoms with Crippen LogP contribution in [-0.2, 0) is 14.3 Å². The third-order valence-corrected chi connectivity index (χ3v) is 3.93. The molecule has 2 aromatic carbocycles. The molecule has 2 aliphatic rings. The molecule has 0 spiro atoms. The number of benzene rings is 2. The van der Waals surface area contributed by atoms with Gasteiger partial charge in [0.05, 0.1) is 0 Å². The van der Waals surface area contributed by atoms with E-state index in [9.17, 15) is 9.59 Å². The Kier molecular flexibility index (Phi) is 4.12. The first-order valence-corrected chi connectivity index (χ1v) is 8.32. The van der Waals surface area contributed by atoms with Gasteiger partial charge in [-0.05, 0) is 42.5 Å². The van der Waals surface area contributed by atoms with Crippen LogP contribution in [0.25, 0.3) is 6.08 Å². The van der Waals surface area contributed by atoms with Crippen LogP contribution in [0.3, 0.4) is 0 Å². The number of amides is 1. The molecule has 7 heteroatoms. The standard InChI is InChI=1S/C20H16N2O5/c1-11(23)21-15-6-3-13(4-7-15)19-22-17-9-14-5-8-16(25-12(2)24)10-18(14)26-20(17)27-19/h3-10,20H,1-2H3,(H,21,23)/t20-/m1/s1. The summed E-state index contributed by atoms with van der Waals surface area (Å²) in [6.45, 7) is 2.80. The number of carbonyl (C=O) groups is 2. The van der Waals surface area contributed by atoms with Gasteiger partial charge in [0.2, 0.25) is 11.8 Å². The van der Waals surface area contributed by atoms with Gasteiger partial charge in [-0.25, -0.2) is 4.99 Å². The van der Waals surface area contributed by atoms with Crippen molar-refractivity contribution in [2.45, 2.75) is 20.1 Å². The van der Waals surface area contributed by atoms with Crippen LogP contribution >= 0.6 is 0 Å². The minimum absolute atomic E-state index is 0.132. The molecule has 0 saturated carbocycles. The topological polar surface area (TPSA) is 86.2 Å². The Hall–Kier alpha value is -3.61. The number of fused-ring (bicyclic) bond motifs is 2. The molecule has 2 aromatic rings. The van der Waals surface area contributed by atoms with Gasteiger partial charge in [-0.2, -0.15) is 0 Å². The van der Waals surface area contributed by atoms with Crippen LogP contribution in [0.2, 0.25) is 0 Å². The van der Waals surface area contributed by atoms with E-state index in [2.05, 4.69) is 10.3 Å². The molecular weight excluding hydrogens is 348 g/mol. The number of anilines is 1. The van der Waals surface area contributed by atoms with Crippen molar-refractivity contribution in [3.05, 3.63) is 59.3 Å². The predicted octanol–water partition coefficient (Wildman–Crippen LogP) is 3.11. The molecule has 0 fully saturated rings. The Bertz CT molecular complexity index is 992. The van der Waals surface area contributed by atoms with Gasteiger partial charge in [0.1, 0.15) is 17.2 Å². The van der Waals surface area contributed by atoms with E-state index in [4.69, 9.17) is 14.2 Å². The number of esters is 1. The Balaban J connectivity index is 1.55. The molecular formula is C20H16N2O5. The van der Waals surface area contributed by atoms with Crippen LogP contribution < -0.4 is 14.8 Å². The van der Waals surface area contributed by atoms with Crippen molar-refractivity contribution in [1.82, 2.24) is 0 Å². The molecule has 27 heavy (non-hydrogen) atoms. The molecule has 2 heterocycles. The summed E-state index contributed by atoms with van der Waals surface area (Å²) >= 11 is 0. The van der Waals surface area contributed by atoms with Crippen molar-refractivity contribution >= 4 is 29.5 Å². The monoisotopic (exact) mass is 364 g/mol. The fourth-order valence-electron chi connectivity index (χ4n) is 2.81. The first-order chi connectivity index (χ1) is 13.0. The minimum atomic E-state index is -0.657. The van der Waals surface area contributed by atoms with Crippen LogP contribution in [-0.4, -0.2) is 24.1 Å². The summed E-state index contributed by atoms with van der Waals surface area (Å²) < 4.78 is 16.7. The molecule has 0 bridgehead atoms. The van der Waals surface area contributed by atoms with Gasteiger partial charge in [-0.1, -0.05) is 0 Å². The van der Waals surface area contributed by atoms with Crippen molar-refractivity contribution in [3.63, 3.8) is 0 Å². The smallest absolute Gasteiger partial charge is 0.308 e. The van der Waals surface area contributed by atoms with E-state index < -0.39 is 12.3 Å². The molecule has 0 aliphatic carbocycles. The summed E-state index contributed by atoms with van der Waals surface area (Å²) in [6.07, 6.45) is 1.22. The maximum atomic E-state index is 11.1. The molecule has 136 valence electrons. The summed E-state index contributed by atoms with van der Waals surface area (Å²) in [5.41, 5.74) is 2.95. The Morgan fingerprint density at radius 3 is 2.56 bits per heavy atom. The first kappa shape index (κ1) is 16.8. The number of aliphatic imine (C=N–C) groups is 1. The zero-order chi connectivity index (χ0) is 19.0. The van der Waals surface area contributed by atoms with Crippen LogP contribution in [0.15, 0.2) is 53.2 Å². The van der Waals surface area contributed by atoms with E-state index in [1.54, 1.807) is 30.3 Å². The second kappa shape index (κ2) is 6.60. The predicted molar refractivity (Wildman–Crippen MR) is 98.5 cm³/mol. The molecule has 0 saturated heterocycles. The lowest BCUT2D eigenvalue weighted by molar-refractivity contribution is -0.131. The maximum absolute atomic E-state index is 11.1. The van der Waals surface area contributed by atoms with E-state index in [1.807, 2.05) is 18.2 Å². The summed E-state index contributed by atoms with van der Waals surface area (Å²) in [4.78, 5) is 26.7. The lowest BCUT2D eigenvalue weighted by Gasteiger charge is -2.21. The highest BCUT2D eigenvalue weighted by Crippen LogP contribution is 2.36. The maximum Gasteiger partial charge on any atom is 0.308 e. The Morgan fingerprint density at radius 2 is 1.85 bits per heavy atom. The fraction of sp³-hybridized carbons (Fsp3) is 0.150. The normalized spacial score (nSPS) is 16.7. The lowest BCUT2D eigenvalue weighted by Crippen LogP contribution is -2.22. The molecule has 1 amide bonds. The van der Waals surface area contributed by atoms with Gasteiger partial charge in [-0.3, -0.25) is 9.59 Å². The van der Waals surface area contributed by atoms with Crippen molar-refractivity contribution in [1.29, 1.82) is 0 Å². The third-order valence-electron chi connectivity index (χ3n) is 3.93. The number of ether oxygens (including phenoxy) is 3. The zero-order valence-corrected chi connectivity index (χ0v) is 14.7. The average molecular weight is 364 g/mol. The van der Waals surface area contributed by atoms with Crippen LogP contribution in [0.5, 0.6) is 11.5 Å². The molecule has 7 nitrogen and oxygen atoms in total. The number of nitrogens with one attached hydrogen (secondary N) is 1. The lowest BCUT2D eigenvalue weighted by atomic mass is 10.1. The molecule has 1 atom stereocenters. The van der Waals surface area contributed by atoms with Gasteiger partial charge in [0.25, 0.3) is 6.29 Å². The molecule has 0 unspecified atom stereocenters. The Labute approximate surface area is 155 Å². The van der Waals surface area contributed by atoms with Crippen LogP contribution in [0.4, 0.5) is 5.69 Å². The van der Waals surface area contributed by atoms with Crippen molar-refractivity contribution in [3.8, 4) is 11.5 Å². The van der Waals surface area contributed by atoms with Gasteiger partial charge >= 0.3 is 5.97 Å². The number of rotatable bonds is 3. The van der Waals surface area contributed by atoms with E-state index in [-0.39, 0.29) is 5.91 Å². The van der Waals surface area contributed by atoms with Crippen molar-refractivity contribution < 1.29 is 23.8 Å². The molecule has 4 rings (SSSR count). The zero-order valence-electron chi connectivity index (χ0n) is 14.7. The van der Waals surface area contributed by atoms with E-state index >= 15 is 0 Å². The highest BCUT2D eigenvalue weighted by Gasteiger charge is 2.32. The highest BCUT2D eigenvalue weighted by atomic mass is 16.7. The fourth-order valence-corrected chi connectivity index (χ4v) is 2.81. The van der Waals surface area contributed by atoms with Crippen molar-refractivity contribution in [2.75, 3.05) is 5.32 Å². The van der Waals surface area contributed by atoms with E-state index in [1.165, 1.54) is 13.8 Å². The van der Waals surface area contributed by atoms with E-state index in [0.717, 1.165) is 11.1 Å². The van der Waals surface area contributed by atoms with Crippen LogP contribution in [0.1, 0.15) is 25.0 Å². The van der Waals surface area contributed by atoms with Crippen LogP contribution in [0, 0.1) is 0 Å².